The molecule has 1 atom stereocenters. The lowest BCUT2D eigenvalue weighted by Gasteiger charge is -2.24. The molecule has 5 heteroatoms. The molecule has 1 aromatic carbocycles. The summed E-state index contributed by atoms with van der Waals surface area (Å²) in [5.74, 6) is 3.82. The summed E-state index contributed by atoms with van der Waals surface area (Å²) in [6.45, 7) is 5.53. The number of benzene rings is 1. The van der Waals surface area contributed by atoms with Crippen LogP contribution in [0.4, 0.5) is 0 Å². The van der Waals surface area contributed by atoms with Crippen molar-refractivity contribution in [1.82, 2.24) is 0 Å². The second kappa shape index (κ2) is 8.54. The van der Waals surface area contributed by atoms with Gasteiger partial charge in [0.25, 0.3) is 0 Å². The van der Waals surface area contributed by atoms with Crippen molar-refractivity contribution in [2.75, 3.05) is 0 Å². The maximum absolute atomic E-state index is 12.3. The molecular weight excluding hydrogens is 282 g/mol. The lowest BCUT2D eigenvalue weighted by Crippen LogP contribution is -2.30. The zero-order valence-electron chi connectivity index (χ0n) is 13.5. The van der Waals surface area contributed by atoms with Gasteiger partial charge in [0, 0.05) is 6.42 Å². The molecule has 0 radical (unpaired) electrons. The average molecular weight is 307 g/mol. The summed E-state index contributed by atoms with van der Waals surface area (Å²) in [5.41, 5.74) is 0.544. The van der Waals surface area contributed by atoms with Crippen molar-refractivity contribution in [3.8, 4) is 0 Å². The quantitative estimate of drug-likeness (QED) is 0.619. The van der Waals surface area contributed by atoms with Crippen LogP contribution in [0.2, 0.25) is 0 Å². The van der Waals surface area contributed by atoms with Crippen molar-refractivity contribution in [1.29, 1.82) is 0 Å². The molecule has 122 valence electrons. The van der Waals surface area contributed by atoms with Crippen LogP contribution < -0.4 is 5.90 Å². The molecule has 1 aromatic rings. The summed E-state index contributed by atoms with van der Waals surface area (Å²) >= 11 is 0. The first-order chi connectivity index (χ1) is 10.3. The van der Waals surface area contributed by atoms with E-state index in [9.17, 15) is 9.59 Å². The van der Waals surface area contributed by atoms with Gasteiger partial charge in [0.1, 0.15) is 5.60 Å². The zero-order valence-corrected chi connectivity index (χ0v) is 13.5. The summed E-state index contributed by atoms with van der Waals surface area (Å²) in [5, 5.41) is 0. The predicted octanol–water partition coefficient (Wildman–Crippen LogP) is 2.77. The molecule has 0 heterocycles. The van der Waals surface area contributed by atoms with Gasteiger partial charge in [-0.3, -0.25) is 9.59 Å². The van der Waals surface area contributed by atoms with Crippen molar-refractivity contribution in [3.63, 3.8) is 0 Å². The van der Waals surface area contributed by atoms with E-state index in [1.807, 2.05) is 51.1 Å². The van der Waals surface area contributed by atoms with Crippen LogP contribution in [-0.4, -0.2) is 17.5 Å². The van der Waals surface area contributed by atoms with Crippen LogP contribution in [-0.2, 0) is 25.6 Å². The van der Waals surface area contributed by atoms with E-state index in [0.717, 1.165) is 5.56 Å². The number of ether oxygens (including phenoxy) is 1. The summed E-state index contributed by atoms with van der Waals surface area (Å²) in [4.78, 5) is 27.6. The lowest BCUT2D eigenvalue weighted by atomic mass is 9.94. The van der Waals surface area contributed by atoms with Gasteiger partial charge in [-0.1, -0.05) is 30.3 Å². The lowest BCUT2D eigenvalue weighted by molar-refractivity contribution is -0.160. The number of nitrogens with two attached hydrogens (primary N) is 1. The van der Waals surface area contributed by atoms with E-state index >= 15 is 0 Å². The van der Waals surface area contributed by atoms with Gasteiger partial charge >= 0.3 is 11.9 Å². The number of carbonyl (C=O) groups is 2. The van der Waals surface area contributed by atoms with Crippen LogP contribution >= 0.6 is 0 Å². The molecule has 0 spiro atoms. The molecule has 0 aliphatic rings. The van der Waals surface area contributed by atoms with Gasteiger partial charge in [-0.25, -0.2) is 0 Å². The summed E-state index contributed by atoms with van der Waals surface area (Å²) in [7, 11) is 0. The molecule has 0 aromatic heterocycles. The number of esters is 1. The molecule has 0 aliphatic carbocycles. The second-order valence-corrected chi connectivity index (χ2v) is 6.30. The Morgan fingerprint density at radius 3 is 2.36 bits per heavy atom. The SMILES string of the molecule is CC(C)(C)OC(=O)C(CCCC(=O)ON)Cc1ccccc1. The van der Waals surface area contributed by atoms with Gasteiger partial charge in [0.05, 0.1) is 5.92 Å². The number of hydrogen-bond donors (Lipinski definition) is 1. The maximum Gasteiger partial charge on any atom is 0.324 e. The second-order valence-electron chi connectivity index (χ2n) is 6.30. The number of carbonyl (C=O) groups excluding carboxylic acids is 2. The van der Waals surface area contributed by atoms with Gasteiger partial charge in [0.15, 0.2) is 0 Å². The monoisotopic (exact) mass is 307 g/mol. The van der Waals surface area contributed by atoms with Crippen LogP contribution in [0.3, 0.4) is 0 Å². The first-order valence-corrected chi connectivity index (χ1v) is 7.48. The minimum Gasteiger partial charge on any atom is -0.460 e. The zero-order chi connectivity index (χ0) is 16.6. The molecule has 0 amide bonds. The molecule has 0 saturated carbocycles. The Hall–Kier alpha value is -1.88. The predicted molar refractivity (Wildman–Crippen MR) is 83.6 cm³/mol. The molecule has 0 fully saturated rings. The van der Waals surface area contributed by atoms with Crippen LogP contribution in [0, 0.1) is 5.92 Å². The smallest absolute Gasteiger partial charge is 0.324 e. The summed E-state index contributed by atoms with van der Waals surface area (Å²) in [6.07, 6.45) is 1.88. The van der Waals surface area contributed by atoms with E-state index in [0.29, 0.717) is 19.3 Å². The van der Waals surface area contributed by atoms with Crippen LogP contribution in [0.1, 0.15) is 45.6 Å². The maximum atomic E-state index is 12.3. The van der Waals surface area contributed by atoms with Crippen molar-refractivity contribution < 1.29 is 19.2 Å². The molecule has 1 unspecified atom stereocenters. The van der Waals surface area contributed by atoms with E-state index < -0.39 is 11.6 Å². The van der Waals surface area contributed by atoms with Crippen molar-refractivity contribution >= 4 is 11.9 Å². The Morgan fingerprint density at radius 1 is 1.18 bits per heavy atom. The van der Waals surface area contributed by atoms with E-state index in [4.69, 9.17) is 10.6 Å². The number of rotatable bonds is 7. The van der Waals surface area contributed by atoms with Crippen molar-refractivity contribution in [2.45, 2.75) is 52.1 Å². The third-order valence-corrected chi connectivity index (χ3v) is 3.13. The fourth-order valence-corrected chi connectivity index (χ4v) is 2.14. The Kier molecular flexibility index (Phi) is 7.05. The normalized spacial score (nSPS) is 12.5. The fraction of sp³-hybridized carbons (Fsp3) is 0.529. The largest absolute Gasteiger partial charge is 0.460 e. The van der Waals surface area contributed by atoms with Crippen molar-refractivity contribution in [2.24, 2.45) is 11.8 Å². The Labute approximate surface area is 131 Å². The summed E-state index contributed by atoms with van der Waals surface area (Å²) < 4.78 is 5.48. The third-order valence-electron chi connectivity index (χ3n) is 3.13. The van der Waals surface area contributed by atoms with E-state index in [-0.39, 0.29) is 18.3 Å². The Morgan fingerprint density at radius 2 is 1.82 bits per heavy atom. The minimum absolute atomic E-state index is 0.199. The molecule has 0 aliphatic heterocycles. The van der Waals surface area contributed by atoms with Gasteiger partial charge in [-0.05, 0) is 45.6 Å². The minimum atomic E-state index is -0.526. The molecule has 5 nitrogen and oxygen atoms in total. The van der Waals surface area contributed by atoms with E-state index in [2.05, 4.69) is 4.84 Å². The molecule has 22 heavy (non-hydrogen) atoms. The molecular formula is C17H25NO4. The van der Waals surface area contributed by atoms with Gasteiger partial charge in [0.2, 0.25) is 0 Å². The molecule has 2 N–H and O–H groups in total. The first-order valence-electron chi connectivity index (χ1n) is 7.48. The molecule has 0 bridgehead atoms. The molecule has 0 saturated heterocycles. The topological polar surface area (TPSA) is 78.6 Å². The highest BCUT2D eigenvalue weighted by atomic mass is 16.7. The average Bonchev–Trinajstić information content (AvgIpc) is 2.45. The van der Waals surface area contributed by atoms with Crippen LogP contribution in [0.5, 0.6) is 0 Å². The van der Waals surface area contributed by atoms with E-state index in [1.54, 1.807) is 0 Å². The highest BCUT2D eigenvalue weighted by Crippen LogP contribution is 2.20. The third kappa shape index (κ3) is 7.22. The Balaban J connectivity index is 2.67. The first kappa shape index (κ1) is 18.2. The Bertz CT molecular complexity index is 479. The van der Waals surface area contributed by atoms with Crippen LogP contribution in [0.15, 0.2) is 30.3 Å². The highest BCUT2D eigenvalue weighted by molar-refractivity contribution is 5.73. The van der Waals surface area contributed by atoms with Gasteiger partial charge in [-0.2, -0.15) is 5.90 Å². The summed E-state index contributed by atoms with van der Waals surface area (Å²) in [6, 6.07) is 9.76. The van der Waals surface area contributed by atoms with Gasteiger partial charge in [-0.15, -0.1) is 0 Å². The number of hydrogen-bond acceptors (Lipinski definition) is 5. The molecule has 1 rings (SSSR count). The van der Waals surface area contributed by atoms with Crippen molar-refractivity contribution in [3.05, 3.63) is 35.9 Å². The highest BCUT2D eigenvalue weighted by Gasteiger charge is 2.25. The van der Waals surface area contributed by atoms with Gasteiger partial charge < -0.3 is 9.57 Å². The standard InChI is InChI=1S/C17H25NO4/c1-17(2,3)21-16(20)14(10-7-11-15(19)22-18)12-13-8-5-4-6-9-13/h4-6,8-9,14H,7,10-12,18H2,1-3H3. The van der Waals surface area contributed by atoms with Crippen LogP contribution in [0.25, 0.3) is 0 Å². The fourth-order valence-electron chi connectivity index (χ4n) is 2.14. The van der Waals surface area contributed by atoms with E-state index in [1.165, 1.54) is 0 Å².